The molecule has 2 aromatic carbocycles. The molecule has 1 aliphatic heterocycles. The zero-order chi connectivity index (χ0) is 16.2. The molecule has 120 valence electrons. The van der Waals surface area contributed by atoms with Crippen LogP contribution in [0.4, 0.5) is 8.78 Å². The van der Waals surface area contributed by atoms with Crippen molar-refractivity contribution in [2.45, 2.75) is 19.4 Å². The van der Waals surface area contributed by atoms with E-state index in [-0.39, 0.29) is 11.7 Å². The SMILES string of the molecule is O=C(c1ccccc1)C1CCN(Cc2ccc(F)c(F)c2)CC1. The van der Waals surface area contributed by atoms with Gasteiger partial charge >= 0.3 is 0 Å². The lowest BCUT2D eigenvalue weighted by atomic mass is 9.89. The van der Waals surface area contributed by atoms with E-state index in [0.717, 1.165) is 43.1 Å². The zero-order valence-corrected chi connectivity index (χ0v) is 12.8. The first-order valence-electron chi connectivity index (χ1n) is 7.89. The van der Waals surface area contributed by atoms with Gasteiger partial charge in [0.1, 0.15) is 0 Å². The maximum Gasteiger partial charge on any atom is 0.166 e. The van der Waals surface area contributed by atoms with Crippen LogP contribution in [0.1, 0.15) is 28.8 Å². The number of Topliss-reactive ketones (excluding diaryl/α,β-unsaturated/α-hetero) is 1. The van der Waals surface area contributed by atoms with Gasteiger partial charge in [-0.2, -0.15) is 0 Å². The van der Waals surface area contributed by atoms with Crippen LogP contribution in [0.2, 0.25) is 0 Å². The minimum atomic E-state index is -0.819. The largest absolute Gasteiger partial charge is 0.299 e. The fourth-order valence-electron chi connectivity index (χ4n) is 3.09. The van der Waals surface area contributed by atoms with Gasteiger partial charge in [0.2, 0.25) is 0 Å². The third kappa shape index (κ3) is 3.82. The average molecular weight is 315 g/mol. The monoisotopic (exact) mass is 315 g/mol. The van der Waals surface area contributed by atoms with Gasteiger partial charge in [-0.15, -0.1) is 0 Å². The summed E-state index contributed by atoms with van der Waals surface area (Å²) in [6.45, 7) is 2.17. The van der Waals surface area contributed by atoms with Crippen molar-refractivity contribution in [3.05, 3.63) is 71.3 Å². The second-order valence-corrected chi connectivity index (χ2v) is 6.03. The van der Waals surface area contributed by atoms with Gasteiger partial charge in [0.25, 0.3) is 0 Å². The Morgan fingerprint density at radius 3 is 2.35 bits per heavy atom. The molecule has 0 saturated carbocycles. The van der Waals surface area contributed by atoms with Gasteiger partial charge in [0.15, 0.2) is 17.4 Å². The molecule has 2 aromatic rings. The number of nitrogens with zero attached hydrogens (tertiary/aromatic N) is 1. The highest BCUT2D eigenvalue weighted by Gasteiger charge is 2.25. The van der Waals surface area contributed by atoms with E-state index in [2.05, 4.69) is 4.90 Å². The number of benzene rings is 2. The molecule has 23 heavy (non-hydrogen) atoms. The number of ketones is 1. The van der Waals surface area contributed by atoms with Crippen molar-refractivity contribution in [3.63, 3.8) is 0 Å². The molecule has 2 nitrogen and oxygen atoms in total. The Bertz CT molecular complexity index is 679. The summed E-state index contributed by atoms with van der Waals surface area (Å²) < 4.78 is 26.2. The molecule has 3 rings (SSSR count). The van der Waals surface area contributed by atoms with Gasteiger partial charge < -0.3 is 0 Å². The summed E-state index contributed by atoms with van der Waals surface area (Å²) >= 11 is 0. The Morgan fingerprint density at radius 2 is 1.70 bits per heavy atom. The number of piperidine rings is 1. The maximum absolute atomic E-state index is 13.3. The van der Waals surface area contributed by atoms with E-state index >= 15 is 0 Å². The van der Waals surface area contributed by atoms with Crippen molar-refractivity contribution in [2.75, 3.05) is 13.1 Å². The summed E-state index contributed by atoms with van der Waals surface area (Å²) in [5.41, 5.74) is 1.53. The summed E-state index contributed by atoms with van der Waals surface area (Å²) in [6, 6.07) is 13.4. The predicted molar refractivity (Wildman–Crippen MR) is 85.1 cm³/mol. The van der Waals surface area contributed by atoms with Crippen LogP contribution < -0.4 is 0 Å². The number of rotatable bonds is 4. The van der Waals surface area contributed by atoms with E-state index in [4.69, 9.17) is 0 Å². The van der Waals surface area contributed by atoms with Gasteiger partial charge in [-0.3, -0.25) is 9.69 Å². The van der Waals surface area contributed by atoms with Gasteiger partial charge in [-0.1, -0.05) is 36.4 Å². The Balaban J connectivity index is 1.56. The normalized spacial score (nSPS) is 16.4. The van der Waals surface area contributed by atoms with E-state index in [9.17, 15) is 13.6 Å². The van der Waals surface area contributed by atoms with Crippen LogP contribution in [0.5, 0.6) is 0 Å². The molecule has 0 radical (unpaired) electrons. The van der Waals surface area contributed by atoms with Crippen molar-refractivity contribution >= 4 is 5.78 Å². The highest BCUT2D eigenvalue weighted by atomic mass is 19.2. The summed E-state index contributed by atoms with van der Waals surface area (Å²) in [4.78, 5) is 14.6. The molecule has 0 N–H and O–H groups in total. The van der Waals surface area contributed by atoms with Gasteiger partial charge in [-0.05, 0) is 43.6 Å². The first-order chi connectivity index (χ1) is 11.1. The average Bonchev–Trinajstić information content (AvgIpc) is 2.59. The van der Waals surface area contributed by atoms with Crippen LogP contribution in [0.15, 0.2) is 48.5 Å². The minimum absolute atomic E-state index is 0.0543. The summed E-state index contributed by atoms with van der Waals surface area (Å²) in [7, 11) is 0. The number of likely N-dealkylation sites (tertiary alicyclic amines) is 1. The van der Waals surface area contributed by atoms with E-state index in [1.165, 1.54) is 6.07 Å². The Morgan fingerprint density at radius 1 is 1.00 bits per heavy atom. The Kier molecular flexibility index (Phi) is 4.82. The van der Waals surface area contributed by atoms with Crippen molar-refractivity contribution in [1.29, 1.82) is 0 Å². The van der Waals surface area contributed by atoms with Gasteiger partial charge in [0.05, 0.1) is 0 Å². The fraction of sp³-hybridized carbons (Fsp3) is 0.316. The zero-order valence-electron chi connectivity index (χ0n) is 12.8. The Labute approximate surface area is 134 Å². The highest BCUT2D eigenvalue weighted by Crippen LogP contribution is 2.23. The lowest BCUT2D eigenvalue weighted by Crippen LogP contribution is -2.36. The molecule has 0 aromatic heterocycles. The van der Waals surface area contributed by atoms with Crippen molar-refractivity contribution in [3.8, 4) is 0 Å². The summed E-state index contributed by atoms with van der Waals surface area (Å²) in [6.07, 6.45) is 1.61. The van der Waals surface area contributed by atoms with Crippen LogP contribution in [-0.2, 0) is 6.54 Å². The first-order valence-corrected chi connectivity index (χ1v) is 7.89. The smallest absolute Gasteiger partial charge is 0.166 e. The predicted octanol–water partition coefficient (Wildman–Crippen LogP) is 4.06. The van der Waals surface area contributed by atoms with Crippen LogP contribution in [-0.4, -0.2) is 23.8 Å². The second-order valence-electron chi connectivity index (χ2n) is 6.03. The molecule has 1 heterocycles. The number of hydrogen-bond acceptors (Lipinski definition) is 2. The van der Waals surface area contributed by atoms with Gasteiger partial charge in [0, 0.05) is 18.0 Å². The summed E-state index contributed by atoms with van der Waals surface area (Å²) in [5.74, 6) is -1.37. The van der Waals surface area contributed by atoms with Crippen molar-refractivity contribution in [1.82, 2.24) is 4.90 Å². The standard InChI is InChI=1S/C19H19F2NO/c20-17-7-6-14(12-18(17)21)13-22-10-8-16(9-11-22)19(23)15-4-2-1-3-5-15/h1-7,12,16H,8-11,13H2. The minimum Gasteiger partial charge on any atom is -0.299 e. The highest BCUT2D eigenvalue weighted by molar-refractivity contribution is 5.97. The first kappa shape index (κ1) is 15.8. The third-order valence-corrected chi connectivity index (χ3v) is 4.41. The lowest BCUT2D eigenvalue weighted by Gasteiger charge is -2.31. The lowest BCUT2D eigenvalue weighted by molar-refractivity contribution is 0.0835. The topological polar surface area (TPSA) is 20.3 Å². The fourth-order valence-corrected chi connectivity index (χ4v) is 3.09. The summed E-state index contributed by atoms with van der Waals surface area (Å²) in [5, 5.41) is 0. The van der Waals surface area contributed by atoms with Crippen LogP contribution >= 0.6 is 0 Å². The number of carbonyl (C=O) groups is 1. The molecule has 1 fully saturated rings. The van der Waals surface area contributed by atoms with E-state index in [1.807, 2.05) is 30.3 Å². The number of halogens is 2. The molecule has 1 aliphatic rings. The second kappa shape index (κ2) is 7.01. The van der Waals surface area contributed by atoms with Crippen molar-refractivity contribution < 1.29 is 13.6 Å². The third-order valence-electron chi connectivity index (χ3n) is 4.41. The van der Waals surface area contributed by atoms with E-state index in [1.54, 1.807) is 6.07 Å². The molecule has 0 aliphatic carbocycles. The molecule has 0 atom stereocenters. The molecule has 1 saturated heterocycles. The molecular formula is C19H19F2NO. The van der Waals surface area contributed by atoms with E-state index < -0.39 is 11.6 Å². The number of hydrogen-bond donors (Lipinski definition) is 0. The van der Waals surface area contributed by atoms with Crippen molar-refractivity contribution in [2.24, 2.45) is 5.92 Å². The maximum atomic E-state index is 13.3. The van der Waals surface area contributed by atoms with Crippen LogP contribution in [0.25, 0.3) is 0 Å². The van der Waals surface area contributed by atoms with Gasteiger partial charge in [-0.25, -0.2) is 8.78 Å². The number of carbonyl (C=O) groups excluding carboxylic acids is 1. The van der Waals surface area contributed by atoms with E-state index in [0.29, 0.717) is 6.54 Å². The molecule has 0 amide bonds. The van der Waals surface area contributed by atoms with Crippen LogP contribution in [0.3, 0.4) is 0 Å². The quantitative estimate of drug-likeness (QED) is 0.793. The molecule has 4 heteroatoms. The Hall–Kier alpha value is -2.07. The molecule has 0 bridgehead atoms. The molecule has 0 spiro atoms. The molecular weight excluding hydrogens is 296 g/mol. The van der Waals surface area contributed by atoms with Crippen LogP contribution in [0, 0.1) is 17.6 Å². The molecule has 0 unspecified atom stereocenters.